The first kappa shape index (κ1) is 31.0. The van der Waals surface area contributed by atoms with Crippen molar-refractivity contribution in [3.8, 4) is 23.1 Å². The van der Waals surface area contributed by atoms with E-state index in [9.17, 15) is 9.59 Å². The molecule has 1 amide bonds. The Bertz CT molecular complexity index is 1760. The molecule has 5 rings (SSSR count). The van der Waals surface area contributed by atoms with Crippen molar-refractivity contribution in [2.45, 2.75) is 13.8 Å². The number of methoxy groups -OCH3 is 2. The number of aryl methyl sites for hydroxylation is 2. The van der Waals surface area contributed by atoms with Crippen molar-refractivity contribution in [1.82, 2.24) is 25.3 Å². The zero-order chi connectivity index (χ0) is 31.5. The maximum atomic E-state index is 12.0. The summed E-state index contributed by atoms with van der Waals surface area (Å²) in [5, 5.41) is 8.72. The van der Waals surface area contributed by atoms with E-state index in [0.717, 1.165) is 28.4 Å². The standard InChI is InChI=1S/C20H20N4O3.C12H13N3O2/c1-13-12-22-20(23-14-8-10-15(26-3)11-9-14)24-19(13)27-17-7-5-4-6-16(17)18(25)21-2;1-8-7-13-12(15-11(8)16)14-9-3-5-10(17-2)6-4-9/h4-12H,1-3H3,(H,21,25)(H,22,23,24);3-7H,1-2H3,(H2,13,14,15,16). The lowest BCUT2D eigenvalue weighted by molar-refractivity contribution is 0.0960. The molecule has 0 aliphatic carbocycles. The van der Waals surface area contributed by atoms with Crippen molar-refractivity contribution in [3.05, 3.63) is 112 Å². The summed E-state index contributed by atoms with van der Waals surface area (Å²) in [5.41, 5.74) is 3.28. The van der Waals surface area contributed by atoms with Crippen LogP contribution < -0.4 is 35.7 Å². The minimum atomic E-state index is -0.228. The van der Waals surface area contributed by atoms with E-state index in [2.05, 4.69) is 35.9 Å². The number of hydrogen-bond donors (Lipinski definition) is 4. The quantitative estimate of drug-likeness (QED) is 0.171. The molecule has 0 bridgehead atoms. The Labute approximate surface area is 254 Å². The number of aromatic nitrogens is 4. The van der Waals surface area contributed by atoms with E-state index in [1.807, 2.05) is 55.5 Å². The summed E-state index contributed by atoms with van der Waals surface area (Å²) >= 11 is 0. The number of nitrogens with zero attached hydrogens (tertiary/aromatic N) is 3. The molecule has 0 saturated carbocycles. The molecule has 3 aromatic carbocycles. The molecule has 4 N–H and O–H groups in total. The van der Waals surface area contributed by atoms with Gasteiger partial charge in [-0.1, -0.05) is 12.1 Å². The van der Waals surface area contributed by atoms with Crippen LogP contribution in [0.4, 0.5) is 23.3 Å². The van der Waals surface area contributed by atoms with E-state index >= 15 is 0 Å². The summed E-state index contributed by atoms with van der Waals surface area (Å²) in [6, 6.07) is 21.8. The number of hydrogen-bond acceptors (Lipinski definition) is 10. The lowest BCUT2D eigenvalue weighted by Crippen LogP contribution is -2.18. The van der Waals surface area contributed by atoms with Gasteiger partial charge in [-0.2, -0.15) is 4.98 Å². The maximum absolute atomic E-state index is 12.0. The largest absolute Gasteiger partial charge is 0.497 e. The SMILES string of the molecule is CNC(=O)c1ccccc1Oc1nc(Nc2ccc(OC)cc2)ncc1C.COc1ccc(Nc2ncc(C)c(=O)[nH]2)cc1. The molecule has 2 heterocycles. The van der Waals surface area contributed by atoms with E-state index in [-0.39, 0.29) is 11.5 Å². The number of aromatic amines is 1. The molecule has 226 valence electrons. The third-order valence-corrected chi connectivity index (χ3v) is 6.17. The molecule has 0 saturated heterocycles. The number of H-pyrrole nitrogens is 1. The number of para-hydroxylation sites is 1. The molecule has 0 fully saturated rings. The summed E-state index contributed by atoms with van der Waals surface area (Å²) < 4.78 is 16.1. The van der Waals surface area contributed by atoms with Crippen LogP contribution >= 0.6 is 0 Å². The van der Waals surface area contributed by atoms with Crippen LogP contribution in [-0.4, -0.2) is 47.1 Å². The summed E-state index contributed by atoms with van der Waals surface area (Å²) in [7, 11) is 4.80. The predicted octanol–water partition coefficient (Wildman–Crippen LogP) is 5.52. The van der Waals surface area contributed by atoms with Gasteiger partial charge in [-0.25, -0.2) is 9.97 Å². The van der Waals surface area contributed by atoms with Crippen molar-refractivity contribution in [2.75, 3.05) is 31.9 Å². The van der Waals surface area contributed by atoms with Crippen molar-refractivity contribution < 1.29 is 19.0 Å². The van der Waals surface area contributed by atoms with Crippen LogP contribution in [0.25, 0.3) is 0 Å². The van der Waals surface area contributed by atoms with Crippen molar-refractivity contribution in [3.63, 3.8) is 0 Å². The Balaban J connectivity index is 0.000000223. The van der Waals surface area contributed by atoms with Crippen LogP contribution in [0, 0.1) is 13.8 Å². The first-order valence-corrected chi connectivity index (χ1v) is 13.5. The van der Waals surface area contributed by atoms with E-state index in [1.165, 1.54) is 6.20 Å². The van der Waals surface area contributed by atoms with Crippen molar-refractivity contribution >= 4 is 29.2 Å². The third kappa shape index (κ3) is 8.32. The van der Waals surface area contributed by atoms with Crippen molar-refractivity contribution in [1.29, 1.82) is 0 Å². The lowest BCUT2D eigenvalue weighted by atomic mass is 10.2. The number of carbonyl (C=O) groups is 1. The summed E-state index contributed by atoms with van der Waals surface area (Å²) in [5.74, 6) is 2.92. The lowest BCUT2D eigenvalue weighted by Gasteiger charge is -2.12. The van der Waals surface area contributed by atoms with Gasteiger partial charge in [0.05, 0.1) is 19.8 Å². The second-order valence-electron chi connectivity index (χ2n) is 9.31. The van der Waals surface area contributed by atoms with Crippen LogP contribution in [0.15, 0.2) is 90.0 Å². The topological polar surface area (TPSA) is 152 Å². The molecule has 44 heavy (non-hydrogen) atoms. The Hall–Kier alpha value is -5.91. The number of amides is 1. The summed E-state index contributed by atoms with van der Waals surface area (Å²) in [6.45, 7) is 3.55. The highest BCUT2D eigenvalue weighted by Gasteiger charge is 2.14. The fourth-order valence-electron chi connectivity index (χ4n) is 3.71. The second kappa shape index (κ2) is 14.8. The Morgan fingerprint density at radius 3 is 1.95 bits per heavy atom. The molecule has 2 aromatic heterocycles. The van der Waals surface area contributed by atoms with Crippen molar-refractivity contribution in [2.24, 2.45) is 0 Å². The molecule has 5 aromatic rings. The molecule has 0 spiro atoms. The Morgan fingerprint density at radius 1 is 0.773 bits per heavy atom. The zero-order valence-corrected chi connectivity index (χ0v) is 25.0. The molecule has 0 unspecified atom stereocenters. The van der Waals surface area contributed by atoms with Gasteiger partial charge >= 0.3 is 0 Å². The molecule has 0 aliphatic rings. The molecule has 12 heteroatoms. The fraction of sp³-hybridized carbons (Fsp3) is 0.156. The van der Waals surface area contributed by atoms with Gasteiger partial charge in [0.25, 0.3) is 11.5 Å². The first-order valence-electron chi connectivity index (χ1n) is 13.5. The maximum Gasteiger partial charge on any atom is 0.255 e. The normalized spacial score (nSPS) is 10.1. The van der Waals surface area contributed by atoms with E-state index in [0.29, 0.717) is 34.7 Å². The van der Waals surface area contributed by atoms with E-state index in [4.69, 9.17) is 14.2 Å². The Morgan fingerprint density at radius 2 is 1.36 bits per heavy atom. The Kier molecular flexibility index (Phi) is 10.5. The molecule has 0 radical (unpaired) electrons. The van der Waals surface area contributed by atoms with Crippen LogP contribution in [0.1, 0.15) is 21.5 Å². The summed E-state index contributed by atoms with van der Waals surface area (Å²) in [4.78, 5) is 38.8. The summed E-state index contributed by atoms with van der Waals surface area (Å²) in [6.07, 6.45) is 3.20. The molecular formula is C32H33N7O5. The minimum absolute atomic E-state index is 0.143. The third-order valence-electron chi connectivity index (χ3n) is 6.17. The number of benzene rings is 3. The van der Waals surface area contributed by atoms with Gasteiger partial charge in [-0.3, -0.25) is 14.6 Å². The van der Waals surface area contributed by atoms with Gasteiger partial charge < -0.3 is 30.2 Å². The fourth-order valence-corrected chi connectivity index (χ4v) is 3.71. The second-order valence-corrected chi connectivity index (χ2v) is 9.31. The first-order chi connectivity index (χ1) is 21.3. The zero-order valence-electron chi connectivity index (χ0n) is 25.0. The van der Waals surface area contributed by atoms with Crippen LogP contribution in [0.3, 0.4) is 0 Å². The van der Waals surface area contributed by atoms with Crippen LogP contribution in [-0.2, 0) is 0 Å². The van der Waals surface area contributed by atoms with Gasteiger partial charge in [-0.15, -0.1) is 0 Å². The van der Waals surface area contributed by atoms with Crippen LogP contribution in [0.2, 0.25) is 0 Å². The van der Waals surface area contributed by atoms with E-state index < -0.39 is 0 Å². The minimum Gasteiger partial charge on any atom is -0.497 e. The number of carbonyl (C=O) groups excluding carboxylic acids is 1. The van der Waals surface area contributed by atoms with Gasteiger partial charge in [0, 0.05) is 41.9 Å². The average Bonchev–Trinajstić information content (AvgIpc) is 3.05. The average molecular weight is 596 g/mol. The van der Waals surface area contributed by atoms with Gasteiger partial charge in [-0.05, 0) is 74.5 Å². The predicted molar refractivity (Wildman–Crippen MR) is 169 cm³/mol. The highest BCUT2D eigenvalue weighted by Crippen LogP contribution is 2.27. The van der Waals surface area contributed by atoms with Gasteiger partial charge in [0.15, 0.2) is 0 Å². The molecular weight excluding hydrogens is 562 g/mol. The van der Waals surface area contributed by atoms with Gasteiger partial charge in [0.1, 0.15) is 17.2 Å². The van der Waals surface area contributed by atoms with Crippen LogP contribution in [0.5, 0.6) is 23.1 Å². The number of ether oxygens (including phenoxy) is 3. The number of anilines is 4. The van der Waals surface area contributed by atoms with E-state index in [1.54, 1.807) is 58.7 Å². The molecule has 12 nitrogen and oxygen atoms in total. The molecule has 0 atom stereocenters. The van der Waals surface area contributed by atoms with Gasteiger partial charge in [0.2, 0.25) is 17.8 Å². The molecule has 0 aliphatic heterocycles. The highest BCUT2D eigenvalue weighted by atomic mass is 16.5. The highest BCUT2D eigenvalue weighted by molar-refractivity contribution is 5.96. The monoisotopic (exact) mass is 595 g/mol. The smallest absolute Gasteiger partial charge is 0.255 e. The number of nitrogens with one attached hydrogen (secondary N) is 4. The number of rotatable bonds is 9.